The van der Waals surface area contributed by atoms with Crippen molar-refractivity contribution in [2.24, 2.45) is 17.3 Å². The van der Waals surface area contributed by atoms with E-state index in [1.165, 1.54) is 13.2 Å². The number of methoxy groups -OCH3 is 1. The lowest BCUT2D eigenvalue weighted by atomic mass is 9.86. The summed E-state index contributed by atoms with van der Waals surface area (Å²) in [6.07, 6.45) is 16.3. The van der Waals surface area contributed by atoms with Crippen LogP contribution in [-0.4, -0.2) is 50.2 Å². The van der Waals surface area contributed by atoms with E-state index in [-0.39, 0.29) is 35.5 Å². The Kier molecular flexibility index (Phi) is 16.7. The van der Waals surface area contributed by atoms with Crippen LogP contribution in [-0.2, 0) is 23.9 Å². The smallest absolute Gasteiger partial charge is 0.373 e. The Bertz CT molecular complexity index is 1770. The Morgan fingerprint density at radius 1 is 1.02 bits per heavy atom. The maximum atomic E-state index is 13.4. The second kappa shape index (κ2) is 20.7. The highest BCUT2D eigenvalue weighted by molar-refractivity contribution is 6.98. The summed E-state index contributed by atoms with van der Waals surface area (Å²) in [6, 6.07) is 19.2. The molecule has 1 aliphatic heterocycles. The molecule has 0 radical (unpaired) electrons. The molecule has 2 aromatic rings. The van der Waals surface area contributed by atoms with Crippen molar-refractivity contribution < 1.29 is 28.7 Å². The number of rotatable bonds is 17. The fraction of sp³-hybridized carbons (Fsp3) is 0.413. The van der Waals surface area contributed by atoms with Crippen molar-refractivity contribution in [1.82, 2.24) is 10.6 Å². The van der Waals surface area contributed by atoms with Crippen molar-refractivity contribution in [2.45, 2.75) is 98.3 Å². The zero-order chi connectivity index (χ0) is 40.6. The third kappa shape index (κ3) is 12.8. The van der Waals surface area contributed by atoms with Gasteiger partial charge in [0.1, 0.15) is 12.1 Å². The Morgan fingerprint density at radius 2 is 1.62 bits per heavy atom. The Morgan fingerprint density at radius 3 is 2.16 bits per heavy atom. The molecule has 9 heteroatoms. The van der Waals surface area contributed by atoms with Gasteiger partial charge >= 0.3 is 5.97 Å². The highest BCUT2D eigenvalue weighted by Crippen LogP contribution is 2.43. The summed E-state index contributed by atoms with van der Waals surface area (Å²) in [6.45, 7) is 15.8. The van der Waals surface area contributed by atoms with E-state index in [9.17, 15) is 19.2 Å². The number of nitrogens with one attached hydrogen (secondary N) is 2. The van der Waals surface area contributed by atoms with Crippen molar-refractivity contribution in [3.63, 3.8) is 0 Å². The SMILES string of the molecule is CC#CC[C@@H](C/C=C\NC(=O)C(NC(=O)\C=C/C=C\C(C)=C\[C@H](C)[C@@H]1CC=C(OC)C(=O)O1)C(C)(C)C)CC(C)(C)[Si](O)(c1ccccc1)c1ccccc1. The molecule has 1 aliphatic rings. The second-order valence-corrected chi connectivity index (χ2v) is 19.9. The van der Waals surface area contributed by atoms with Crippen molar-refractivity contribution in [1.29, 1.82) is 0 Å². The highest BCUT2D eigenvalue weighted by Gasteiger charge is 2.50. The van der Waals surface area contributed by atoms with Gasteiger partial charge in [-0.05, 0) is 65.7 Å². The molecule has 3 rings (SSSR count). The van der Waals surface area contributed by atoms with Gasteiger partial charge in [0.25, 0.3) is 8.32 Å². The number of hydrogen-bond donors (Lipinski definition) is 3. The number of benzene rings is 2. The molecule has 1 heterocycles. The fourth-order valence-electron chi connectivity index (χ4n) is 6.98. The summed E-state index contributed by atoms with van der Waals surface area (Å²) >= 11 is 0. The van der Waals surface area contributed by atoms with Crippen molar-refractivity contribution in [2.75, 3.05) is 7.11 Å². The standard InChI is InChI=1S/C46H60N2O6Si/c1-10-11-22-36(33-46(7,8)55(52,37-24-14-12-15-25-37)38-26-16-13-17-27-38)23-20-31-47-43(50)42(45(4,5)6)48-41(49)28-19-18-21-34(2)32-35(3)39-29-30-40(53-9)44(51)54-39/h12-21,24-28,30-32,35-36,39,42,52H,22-23,29,33H2,1-9H3,(H,47,50)(H,48,49)/b21-18-,28-19-,31-20-,34-32+/t35-,36-,39-,42?/m0/s1. The maximum Gasteiger partial charge on any atom is 0.373 e. The molecule has 55 heavy (non-hydrogen) atoms. The number of carbonyl (C=O) groups excluding carboxylic acids is 3. The van der Waals surface area contributed by atoms with Gasteiger partial charge in [-0.1, -0.05) is 138 Å². The Hall–Kier alpha value is -4.91. The number of allylic oxidation sites excluding steroid dienone is 5. The predicted molar refractivity (Wildman–Crippen MR) is 224 cm³/mol. The van der Waals surface area contributed by atoms with Crippen LogP contribution in [0.3, 0.4) is 0 Å². The topological polar surface area (TPSA) is 114 Å². The first kappa shape index (κ1) is 44.5. The van der Waals surface area contributed by atoms with Crippen molar-refractivity contribution >= 4 is 36.5 Å². The van der Waals surface area contributed by atoms with Gasteiger partial charge in [0.15, 0.2) is 5.76 Å². The van der Waals surface area contributed by atoms with E-state index in [2.05, 4.69) is 36.3 Å². The first-order valence-corrected chi connectivity index (χ1v) is 21.0. The van der Waals surface area contributed by atoms with Crippen LogP contribution < -0.4 is 21.0 Å². The lowest BCUT2D eigenvalue weighted by molar-refractivity contribution is -0.151. The molecule has 2 amide bonds. The minimum Gasteiger partial charge on any atom is -0.490 e. The van der Waals surface area contributed by atoms with E-state index in [1.54, 1.807) is 24.4 Å². The summed E-state index contributed by atoms with van der Waals surface area (Å²) in [5.41, 5.74) is 0.397. The summed E-state index contributed by atoms with van der Waals surface area (Å²) in [7, 11) is -1.75. The molecule has 0 aliphatic carbocycles. The molecule has 2 aromatic carbocycles. The fourth-order valence-corrected chi connectivity index (χ4v) is 10.8. The minimum atomic E-state index is -3.20. The molecule has 8 nitrogen and oxygen atoms in total. The number of hydrogen-bond acceptors (Lipinski definition) is 6. The van der Waals surface area contributed by atoms with Gasteiger partial charge < -0.3 is 24.9 Å². The number of carbonyl (C=O) groups is 3. The Balaban J connectivity index is 1.63. The van der Waals surface area contributed by atoms with Crippen LogP contribution in [0.1, 0.15) is 81.1 Å². The average molecular weight is 765 g/mol. The third-order valence-corrected chi connectivity index (χ3v) is 14.5. The molecule has 0 saturated carbocycles. The van der Waals surface area contributed by atoms with Gasteiger partial charge in [0.05, 0.1) is 7.11 Å². The van der Waals surface area contributed by atoms with Crippen molar-refractivity contribution in [3.8, 4) is 11.8 Å². The lowest BCUT2D eigenvalue weighted by Crippen LogP contribution is -2.65. The quantitative estimate of drug-likeness (QED) is 0.0525. The van der Waals surface area contributed by atoms with E-state index in [4.69, 9.17) is 9.47 Å². The van der Waals surface area contributed by atoms with Gasteiger partial charge in [0, 0.05) is 24.8 Å². The van der Waals surface area contributed by atoms with Crippen LogP contribution in [0, 0.1) is 29.1 Å². The molecule has 0 spiro atoms. The minimum absolute atomic E-state index is 0.0145. The third-order valence-electron chi connectivity index (χ3n) is 10.0. The van der Waals surface area contributed by atoms with Gasteiger partial charge in [-0.3, -0.25) is 9.59 Å². The largest absolute Gasteiger partial charge is 0.490 e. The van der Waals surface area contributed by atoms with E-state index in [1.807, 2.05) is 120 Å². The van der Waals surface area contributed by atoms with Gasteiger partial charge in [-0.15, -0.1) is 11.8 Å². The summed E-state index contributed by atoms with van der Waals surface area (Å²) in [5, 5.41) is 7.25. The zero-order valence-electron chi connectivity index (χ0n) is 34.0. The summed E-state index contributed by atoms with van der Waals surface area (Å²) in [5.74, 6) is 5.45. The van der Waals surface area contributed by atoms with Gasteiger partial charge in [-0.25, -0.2) is 4.79 Å². The lowest BCUT2D eigenvalue weighted by Gasteiger charge is -2.43. The van der Waals surface area contributed by atoms with Crippen molar-refractivity contribution in [3.05, 3.63) is 121 Å². The first-order chi connectivity index (χ1) is 26.0. The van der Waals surface area contributed by atoms with Crippen LogP contribution in [0.5, 0.6) is 0 Å². The number of ether oxygens (including phenoxy) is 2. The predicted octanol–water partition coefficient (Wildman–Crippen LogP) is 7.03. The van der Waals surface area contributed by atoms with E-state index in [0.717, 1.165) is 22.4 Å². The van der Waals surface area contributed by atoms with E-state index >= 15 is 0 Å². The second-order valence-electron chi connectivity index (χ2n) is 15.9. The van der Waals surface area contributed by atoms with Gasteiger partial charge in [-0.2, -0.15) is 0 Å². The van der Waals surface area contributed by atoms with Crippen LogP contribution in [0.15, 0.2) is 121 Å². The molecule has 4 atom stereocenters. The molecule has 294 valence electrons. The van der Waals surface area contributed by atoms with Crippen LogP contribution >= 0.6 is 0 Å². The average Bonchev–Trinajstić information content (AvgIpc) is 3.15. The molecule has 3 N–H and O–H groups in total. The molecule has 0 aromatic heterocycles. The molecule has 1 unspecified atom stereocenters. The number of esters is 1. The summed E-state index contributed by atoms with van der Waals surface area (Å²) in [4.78, 5) is 51.0. The van der Waals surface area contributed by atoms with E-state index < -0.39 is 30.8 Å². The highest BCUT2D eigenvalue weighted by atomic mass is 28.4. The summed E-state index contributed by atoms with van der Waals surface area (Å²) < 4.78 is 10.5. The molecule has 0 fully saturated rings. The Labute approximate surface area is 330 Å². The molecular weight excluding hydrogens is 705 g/mol. The first-order valence-electron chi connectivity index (χ1n) is 19.0. The normalized spacial score (nSPS) is 17.2. The monoisotopic (exact) mass is 764 g/mol. The molecule has 0 saturated heterocycles. The maximum absolute atomic E-state index is 13.4. The molecule has 0 bridgehead atoms. The van der Waals surface area contributed by atoms with Crippen LogP contribution in [0.25, 0.3) is 0 Å². The zero-order valence-corrected chi connectivity index (χ0v) is 35.0. The van der Waals surface area contributed by atoms with E-state index in [0.29, 0.717) is 19.3 Å². The van der Waals surface area contributed by atoms with Crippen LogP contribution in [0.4, 0.5) is 0 Å². The van der Waals surface area contributed by atoms with Crippen LogP contribution in [0.2, 0.25) is 5.04 Å². The number of amides is 2. The van der Waals surface area contributed by atoms with Gasteiger partial charge in [0.2, 0.25) is 11.8 Å². The molecular formula is C46H60N2O6Si. The number of cyclic esters (lactones) is 1.